The van der Waals surface area contributed by atoms with Crippen LogP contribution < -0.4 is 15.5 Å². The molecular weight excluding hydrogens is 278 g/mol. The predicted molar refractivity (Wildman–Crippen MR) is 85.6 cm³/mol. The molecule has 2 N–H and O–H groups in total. The molecule has 0 saturated carbocycles. The van der Waals surface area contributed by atoms with Gasteiger partial charge in [-0.25, -0.2) is 4.98 Å². The standard InChI is InChI=1S/C16H25N5O/c1-12-2-5-17-10-14(12)20-16(22)13-3-8-21(9-4-13)15-11-18-6-7-19-15/h6-7,11-14,17H,2-5,8-10H2,1H3,(H,20,22). The van der Waals surface area contributed by atoms with Gasteiger partial charge in [0.15, 0.2) is 0 Å². The second kappa shape index (κ2) is 7.05. The molecule has 120 valence electrons. The van der Waals surface area contributed by atoms with Gasteiger partial charge in [0.2, 0.25) is 5.91 Å². The molecule has 2 aliphatic rings. The summed E-state index contributed by atoms with van der Waals surface area (Å²) in [6.45, 7) is 5.92. The van der Waals surface area contributed by atoms with Gasteiger partial charge in [-0.3, -0.25) is 9.78 Å². The lowest BCUT2D eigenvalue weighted by molar-refractivity contribution is -0.126. The van der Waals surface area contributed by atoms with Crippen LogP contribution in [0, 0.1) is 11.8 Å². The highest BCUT2D eigenvalue weighted by Crippen LogP contribution is 2.22. The van der Waals surface area contributed by atoms with Gasteiger partial charge in [-0.1, -0.05) is 6.92 Å². The molecule has 6 heteroatoms. The van der Waals surface area contributed by atoms with E-state index in [4.69, 9.17) is 0 Å². The Hall–Kier alpha value is -1.69. The molecular formula is C16H25N5O. The molecule has 6 nitrogen and oxygen atoms in total. The van der Waals surface area contributed by atoms with Gasteiger partial charge in [0.25, 0.3) is 0 Å². The van der Waals surface area contributed by atoms with Crippen LogP contribution >= 0.6 is 0 Å². The maximum absolute atomic E-state index is 12.5. The quantitative estimate of drug-likeness (QED) is 0.864. The molecule has 1 aromatic heterocycles. The van der Waals surface area contributed by atoms with E-state index in [0.717, 1.165) is 51.3 Å². The average Bonchev–Trinajstić information content (AvgIpc) is 2.58. The summed E-state index contributed by atoms with van der Waals surface area (Å²) in [5.41, 5.74) is 0. The number of aromatic nitrogens is 2. The number of amides is 1. The van der Waals surface area contributed by atoms with Gasteiger partial charge >= 0.3 is 0 Å². The van der Waals surface area contributed by atoms with Crippen LogP contribution in [0.3, 0.4) is 0 Å². The van der Waals surface area contributed by atoms with E-state index in [9.17, 15) is 4.79 Å². The molecule has 22 heavy (non-hydrogen) atoms. The van der Waals surface area contributed by atoms with E-state index in [1.54, 1.807) is 18.6 Å². The van der Waals surface area contributed by atoms with E-state index in [0.29, 0.717) is 5.92 Å². The highest BCUT2D eigenvalue weighted by atomic mass is 16.2. The maximum atomic E-state index is 12.5. The maximum Gasteiger partial charge on any atom is 0.223 e. The lowest BCUT2D eigenvalue weighted by atomic mass is 9.92. The third-order valence-electron chi connectivity index (χ3n) is 4.89. The Labute approximate surface area is 131 Å². The van der Waals surface area contributed by atoms with Crippen molar-refractivity contribution in [2.24, 2.45) is 11.8 Å². The lowest BCUT2D eigenvalue weighted by Crippen LogP contribution is -2.52. The fourth-order valence-electron chi connectivity index (χ4n) is 3.31. The minimum atomic E-state index is 0.127. The van der Waals surface area contributed by atoms with E-state index in [1.165, 1.54) is 0 Å². The zero-order chi connectivity index (χ0) is 15.4. The molecule has 3 heterocycles. The smallest absolute Gasteiger partial charge is 0.223 e. The second-order valence-corrected chi connectivity index (χ2v) is 6.41. The Kier molecular flexibility index (Phi) is 4.87. The van der Waals surface area contributed by atoms with Gasteiger partial charge in [-0.15, -0.1) is 0 Å². The van der Waals surface area contributed by atoms with E-state index in [2.05, 4.69) is 32.4 Å². The number of nitrogens with zero attached hydrogens (tertiary/aromatic N) is 3. The van der Waals surface area contributed by atoms with E-state index in [-0.39, 0.29) is 17.9 Å². The SMILES string of the molecule is CC1CCNCC1NC(=O)C1CCN(c2cnccn2)CC1. The van der Waals surface area contributed by atoms with E-state index < -0.39 is 0 Å². The number of hydrogen-bond donors (Lipinski definition) is 2. The fourth-order valence-corrected chi connectivity index (χ4v) is 3.31. The summed E-state index contributed by atoms with van der Waals surface area (Å²) in [5.74, 6) is 1.82. The van der Waals surface area contributed by atoms with Crippen molar-refractivity contribution >= 4 is 11.7 Å². The van der Waals surface area contributed by atoms with E-state index >= 15 is 0 Å². The van der Waals surface area contributed by atoms with Crippen molar-refractivity contribution in [2.75, 3.05) is 31.1 Å². The van der Waals surface area contributed by atoms with Gasteiger partial charge < -0.3 is 15.5 Å². The first-order valence-corrected chi connectivity index (χ1v) is 8.26. The molecule has 2 atom stereocenters. The summed E-state index contributed by atoms with van der Waals surface area (Å²) < 4.78 is 0. The lowest BCUT2D eigenvalue weighted by Gasteiger charge is -2.35. The molecule has 2 unspecified atom stereocenters. The van der Waals surface area contributed by atoms with Crippen molar-refractivity contribution < 1.29 is 4.79 Å². The molecule has 1 amide bonds. The molecule has 0 radical (unpaired) electrons. The van der Waals surface area contributed by atoms with Gasteiger partial charge in [0.1, 0.15) is 5.82 Å². The van der Waals surface area contributed by atoms with Crippen molar-refractivity contribution in [1.29, 1.82) is 0 Å². The predicted octanol–water partition coefficient (Wildman–Crippen LogP) is 0.807. The summed E-state index contributed by atoms with van der Waals surface area (Å²) in [6.07, 6.45) is 8.09. The molecule has 2 aliphatic heterocycles. The monoisotopic (exact) mass is 303 g/mol. The minimum Gasteiger partial charge on any atom is -0.355 e. The third-order valence-corrected chi connectivity index (χ3v) is 4.89. The summed E-state index contributed by atoms with van der Waals surface area (Å²) >= 11 is 0. The molecule has 0 spiro atoms. The van der Waals surface area contributed by atoms with Crippen LogP contribution in [0.5, 0.6) is 0 Å². The zero-order valence-electron chi connectivity index (χ0n) is 13.2. The fraction of sp³-hybridized carbons (Fsp3) is 0.688. The molecule has 3 rings (SSSR count). The largest absolute Gasteiger partial charge is 0.355 e. The number of piperidine rings is 2. The molecule has 2 fully saturated rings. The second-order valence-electron chi connectivity index (χ2n) is 6.41. The van der Waals surface area contributed by atoms with Crippen molar-refractivity contribution in [1.82, 2.24) is 20.6 Å². The van der Waals surface area contributed by atoms with Gasteiger partial charge in [-0.05, 0) is 31.7 Å². The number of hydrogen-bond acceptors (Lipinski definition) is 5. The Balaban J connectivity index is 1.49. The topological polar surface area (TPSA) is 70.2 Å². The first-order chi connectivity index (χ1) is 10.7. The molecule has 0 bridgehead atoms. The summed E-state index contributed by atoms with van der Waals surface area (Å²) in [7, 11) is 0. The van der Waals surface area contributed by atoms with Gasteiger partial charge in [0, 0.05) is 44.0 Å². The van der Waals surface area contributed by atoms with Crippen LogP contribution in [0.2, 0.25) is 0 Å². The number of nitrogens with one attached hydrogen (secondary N) is 2. The molecule has 1 aromatic rings. The van der Waals surface area contributed by atoms with Crippen LogP contribution in [-0.2, 0) is 4.79 Å². The van der Waals surface area contributed by atoms with Crippen LogP contribution in [0.4, 0.5) is 5.82 Å². The first-order valence-electron chi connectivity index (χ1n) is 8.26. The number of carbonyl (C=O) groups is 1. The van der Waals surface area contributed by atoms with Crippen LogP contribution in [0.15, 0.2) is 18.6 Å². The number of carbonyl (C=O) groups excluding carboxylic acids is 1. The van der Waals surface area contributed by atoms with Crippen LogP contribution in [0.25, 0.3) is 0 Å². The summed E-state index contributed by atoms with van der Waals surface area (Å²) in [6, 6.07) is 0.277. The first kappa shape index (κ1) is 15.2. The Morgan fingerprint density at radius 2 is 2.14 bits per heavy atom. The highest BCUT2D eigenvalue weighted by molar-refractivity contribution is 5.79. The third kappa shape index (κ3) is 3.55. The van der Waals surface area contributed by atoms with Crippen molar-refractivity contribution in [3.05, 3.63) is 18.6 Å². The minimum absolute atomic E-state index is 0.127. The summed E-state index contributed by atoms with van der Waals surface area (Å²) in [4.78, 5) is 23.1. The van der Waals surface area contributed by atoms with Gasteiger partial charge in [0.05, 0.1) is 6.20 Å². The highest BCUT2D eigenvalue weighted by Gasteiger charge is 2.29. The van der Waals surface area contributed by atoms with Crippen molar-refractivity contribution in [3.63, 3.8) is 0 Å². The number of rotatable bonds is 3. The van der Waals surface area contributed by atoms with Crippen LogP contribution in [-0.4, -0.2) is 48.1 Å². The number of anilines is 1. The van der Waals surface area contributed by atoms with Gasteiger partial charge in [-0.2, -0.15) is 0 Å². The Morgan fingerprint density at radius 3 is 2.82 bits per heavy atom. The van der Waals surface area contributed by atoms with Crippen molar-refractivity contribution in [3.8, 4) is 0 Å². The molecule has 0 aromatic carbocycles. The van der Waals surface area contributed by atoms with E-state index in [1.807, 2.05) is 0 Å². The zero-order valence-corrected chi connectivity index (χ0v) is 13.2. The average molecular weight is 303 g/mol. The molecule has 0 aliphatic carbocycles. The Morgan fingerprint density at radius 1 is 1.32 bits per heavy atom. The summed E-state index contributed by atoms with van der Waals surface area (Å²) in [5, 5.41) is 6.61. The normalized spacial score (nSPS) is 26.7. The Bertz CT molecular complexity index is 487. The van der Waals surface area contributed by atoms with Crippen molar-refractivity contribution in [2.45, 2.75) is 32.2 Å². The molecule has 2 saturated heterocycles. The van der Waals surface area contributed by atoms with Crippen LogP contribution in [0.1, 0.15) is 26.2 Å².